The van der Waals surface area contributed by atoms with Crippen molar-refractivity contribution in [3.05, 3.63) is 69.7 Å². The van der Waals surface area contributed by atoms with Gasteiger partial charge < -0.3 is 4.90 Å². The third kappa shape index (κ3) is 4.14. The summed E-state index contributed by atoms with van der Waals surface area (Å²) in [7, 11) is 0. The Labute approximate surface area is 194 Å². The van der Waals surface area contributed by atoms with Crippen LogP contribution in [0.15, 0.2) is 42.5 Å². The highest BCUT2D eigenvalue weighted by Crippen LogP contribution is 2.32. The number of Topliss-reactive ketones (excluding diaryl/α,β-unsaturated/α-hetero) is 1. The number of alkyl halides is 2. The van der Waals surface area contributed by atoms with E-state index in [9.17, 15) is 28.0 Å². The maximum absolute atomic E-state index is 14.7. The van der Waals surface area contributed by atoms with Crippen molar-refractivity contribution < 1.29 is 34.9 Å². The predicted molar refractivity (Wildman–Crippen MR) is 111 cm³/mol. The second-order valence-electron chi connectivity index (χ2n) is 7.31. The molecule has 2 aromatic rings. The summed E-state index contributed by atoms with van der Waals surface area (Å²) < 4.78 is 69.1. The molecule has 0 aromatic heterocycles. The van der Waals surface area contributed by atoms with Gasteiger partial charge in [0, 0.05) is 41.0 Å². The first-order valence-electron chi connectivity index (χ1n) is 12.0. The lowest BCUT2D eigenvalue weighted by Gasteiger charge is -2.29. The Morgan fingerprint density at radius 3 is 2.69 bits per heavy atom. The van der Waals surface area contributed by atoms with Gasteiger partial charge >= 0.3 is 5.92 Å². The van der Waals surface area contributed by atoms with Crippen LogP contribution >= 0.6 is 11.6 Å². The Morgan fingerprint density at radius 2 is 1.97 bits per heavy atom. The van der Waals surface area contributed by atoms with Crippen molar-refractivity contribution in [2.24, 2.45) is 0 Å². The molecule has 1 atom stereocenters. The van der Waals surface area contributed by atoms with Crippen LogP contribution in [-0.2, 0) is 33.2 Å². The van der Waals surface area contributed by atoms with Gasteiger partial charge in [0.25, 0.3) is 5.91 Å². The molecular formula is C23H19ClF2N2O4. The second-order valence-corrected chi connectivity index (χ2v) is 7.75. The van der Waals surface area contributed by atoms with Crippen LogP contribution in [0.25, 0.3) is 0 Å². The highest BCUT2D eigenvalue weighted by atomic mass is 35.5. The first-order chi connectivity index (χ1) is 17.1. The molecule has 1 N–H and O–H groups in total. The topological polar surface area (TPSA) is 83.6 Å². The molecule has 2 aliphatic heterocycles. The van der Waals surface area contributed by atoms with Gasteiger partial charge in [-0.3, -0.25) is 24.5 Å². The highest BCUT2D eigenvalue weighted by Gasteiger charge is 2.41. The molecule has 0 aliphatic carbocycles. The van der Waals surface area contributed by atoms with Crippen molar-refractivity contribution in [2.45, 2.75) is 44.1 Å². The molecule has 2 heterocycles. The van der Waals surface area contributed by atoms with Crippen LogP contribution in [0.2, 0.25) is 6.43 Å². The summed E-state index contributed by atoms with van der Waals surface area (Å²) in [5, 5.41) is 0.0817. The quantitative estimate of drug-likeness (QED) is 0.663. The number of rotatable bonds is 6. The number of hydrogen-bond donors (Lipinski definition) is 1. The summed E-state index contributed by atoms with van der Waals surface area (Å²) in [4.78, 5) is 50.6. The van der Waals surface area contributed by atoms with Gasteiger partial charge in [0.05, 0.1) is 0 Å². The molecule has 0 bridgehead atoms. The van der Waals surface area contributed by atoms with Crippen LogP contribution in [0.5, 0.6) is 0 Å². The minimum atomic E-state index is -3.97. The molecule has 166 valence electrons. The van der Waals surface area contributed by atoms with Crippen LogP contribution in [0, 0.1) is 0 Å². The number of nitrogens with zero attached hydrogens (tertiary/aromatic N) is 1. The van der Waals surface area contributed by atoms with E-state index in [1.165, 1.54) is 30.3 Å². The molecule has 0 saturated carbocycles. The molecule has 2 aromatic carbocycles. The number of piperidine rings is 1. The highest BCUT2D eigenvalue weighted by molar-refractivity contribution is 6.30. The first kappa shape index (κ1) is 16.5. The third-order valence-corrected chi connectivity index (χ3v) is 5.52. The van der Waals surface area contributed by atoms with Crippen molar-refractivity contribution in [1.82, 2.24) is 10.2 Å². The van der Waals surface area contributed by atoms with Gasteiger partial charge in [0.15, 0.2) is 1.41 Å². The molecule has 1 saturated heterocycles. The lowest BCUT2D eigenvalue weighted by atomic mass is 9.97. The van der Waals surface area contributed by atoms with E-state index in [1.807, 2.05) is 0 Å². The van der Waals surface area contributed by atoms with Crippen molar-refractivity contribution in [1.29, 1.82) is 0 Å². The third-order valence-electron chi connectivity index (χ3n) is 5.27. The molecule has 1 fully saturated rings. The standard InChI is InChI=1S/C23H19ClF2N2O4/c24-16-5-3-15(4-6-16)23(25,26)19(29)9-2-13-1-7-17-14(11-13)12-28(22(17)32)18-8-10-20(30)27-21(18)31/h1,3-7,11,18H,2,8-10,12H2,(H,27,30,31)/i2D2,10D2/hD. The summed E-state index contributed by atoms with van der Waals surface area (Å²) >= 11 is 5.70. The maximum Gasteiger partial charge on any atom is 0.330 e. The van der Waals surface area contributed by atoms with Crippen LogP contribution in [0.3, 0.4) is 0 Å². The van der Waals surface area contributed by atoms with Crippen LogP contribution < -0.4 is 5.31 Å². The number of imide groups is 1. The SMILES string of the molecule is [2H]N1C(=O)C(N2Cc3cc(C([2H])([2H])CC(=O)C(F)(F)c4ccc(Cl)cc4)ccc3C2=O)CC([2H])([2H])C1=O. The van der Waals surface area contributed by atoms with Gasteiger partial charge in [0.2, 0.25) is 17.6 Å². The first-order valence-corrected chi connectivity index (χ1v) is 9.93. The zero-order chi connectivity index (χ0) is 27.5. The molecule has 32 heavy (non-hydrogen) atoms. The van der Waals surface area contributed by atoms with Gasteiger partial charge in [-0.25, -0.2) is 0 Å². The number of ketones is 1. The molecular weight excluding hydrogens is 442 g/mol. The number of fused-ring (bicyclic) bond motifs is 1. The largest absolute Gasteiger partial charge is 0.330 e. The average molecular weight is 466 g/mol. The van der Waals surface area contributed by atoms with Crippen LogP contribution in [0.4, 0.5) is 8.78 Å². The Balaban J connectivity index is 1.56. The van der Waals surface area contributed by atoms with Crippen molar-refractivity contribution in [3.63, 3.8) is 0 Å². The predicted octanol–water partition coefficient (Wildman–Crippen LogP) is 3.39. The zero-order valence-electron chi connectivity index (χ0n) is 21.4. The number of amides is 3. The normalized spacial score (nSPS) is 23.2. The van der Waals surface area contributed by atoms with Gasteiger partial charge in [-0.05, 0) is 42.1 Å². The van der Waals surface area contributed by atoms with Crippen molar-refractivity contribution >= 4 is 35.1 Å². The fraction of sp³-hybridized carbons (Fsp3) is 0.304. The number of carbonyl (C=O) groups excluding carboxylic acids is 4. The number of halogens is 3. The van der Waals surface area contributed by atoms with Gasteiger partial charge in [-0.1, -0.05) is 35.9 Å². The van der Waals surface area contributed by atoms with E-state index < -0.39 is 66.6 Å². The van der Waals surface area contributed by atoms with E-state index in [4.69, 9.17) is 18.5 Å². The summed E-state index contributed by atoms with van der Waals surface area (Å²) in [6, 6.07) is 6.53. The fourth-order valence-corrected chi connectivity index (χ4v) is 3.67. The maximum atomic E-state index is 14.7. The monoisotopic (exact) mass is 465 g/mol. The summed E-state index contributed by atoms with van der Waals surface area (Å²) in [5.41, 5.74) is -0.486. The molecule has 0 spiro atoms. The number of carbonyl (C=O) groups is 4. The van der Waals surface area contributed by atoms with Crippen molar-refractivity contribution in [2.75, 3.05) is 0 Å². The molecule has 3 amide bonds. The van der Waals surface area contributed by atoms with Gasteiger partial charge in [-0.2, -0.15) is 8.78 Å². The zero-order valence-corrected chi connectivity index (χ0v) is 17.2. The Bertz CT molecular complexity index is 1320. The number of hydrogen-bond acceptors (Lipinski definition) is 4. The van der Waals surface area contributed by atoms with E-state index >= 15 is 0 Å². The summed E-state index contributed by atoms with van der Waals surface area (Å²) in [6.45, 7) is -0.262. The van der Waals surface area contributed by atoms with E-state index in [2.05, 4.69) is 0 Å². The van der Waals surface area contributed by atoms with Gasteiger partial charge in [0.1, 0.15) is 6.04 Å². The minimum absolute atomic E-state index is 0.0687. The second kappa shape index (κ2) is 8.43. The summed E-state index contributed by atoms with van der Waals surface area (Å²) in [5.74, 6) is -8.74. The lowest BCUT2D eigenvalue weighted by molar-refractivity contribution is -0.144. The van der Waals surface area contributed by atoms with Crippen LogP contribution in [-0.4, -0.2) is 34.4 Å². The number of aryl methyl sites for hydroxylation is 1. The van der Waals surface area contributed by atoms with Gasteiger partial charge in [-0.15, -0.1) is 0 Å². The molecule has 6 nitrogen and oxygen atoms in total. The molecule has 2 aliphatic rings. The molecule has 1 unspecified atom stereocenters. The minimum Gasteiger partial charge on any atom is -0.322 e. The fourth-order valence-electron chi connectivity index (χ4n) is 3.55. The van der Waals surface area contributed by atoms with E-state index in [-0.39, 0.29) is 33.6 Å². The molecule has 9 heteroatoms. The smallest absolute Gasteiger partial charge is 0.322 e. The lowest BCUT2D eigenvalue weighted by Crippen LogP contribution is -2.52. The van der Waals surface area contributed by atoms with E-state index in [0.717, 1.165) is 17.0 Å². The van der Waals surface area contributed by atoms with E-state index in [0.29, 0.717) is 0 Å². The molecule has 4 rings (SSSR count). The molecule has 0 radical (unpaired) electrons. The number of nitrogens with one attached hydrogen (secondary N) is 1. The number of benzene rings is 2. The average Bonchev–Trinajstić information content (AvgIpc) is 3.16. The Kier molecular flexibility index (Phi) is 4.34. The summed E-state index contributed by atoms with van der Waals surface area (Å²) in [6.07, 6.45) is -6.91. The van der Waals surface area contributed by atoms with E-state index in [1.54, 1.807) is 0 Å². The Morgan fingerprint density at radius 1 is 1.25 bits per heavy atom. The van der Waals surface area contributed by atoms with Crippen molar-refractivity contribution in [3.8, 4) is 0 Å². The Hall–Kier alpha value is -3.13. The van der Waals surface area contributed by atoms with Crippen LogP contribution in [0.1, 0.15) is 51.7 Å².